The fourth-order valence-corrected chi connectivity index (χ4v) is 4.57. The van der Waals surface area contributed by atoms with Crippen LogP contribution in [-0.2, 0) is 4.74 Å². The fraction of sp³-hybridized carbons (Fsp3) is 0.296. The molecular formula is C27H28N4O4. The number of methoxy groups -OCH3 is 1. The van der Waals surface area contributed by atoms with E-state index >= 15 is 0 Å². The summed E-state index contributed by atoms with van der Waals surface area (Å²) in [5.74, 6) is 1.13. The second-order valence-electron chi connectivity index (χ2n) is 8.74. The van der Waals surface area contributed by atoms with Crippen LogP contribution in [-0.4, -0.2) is 41.6 Å². The number of aromatic amines is 1. The molecule has 1 fully saturated rings. The summed E-state index contributed by atoms with van der Waals surface area (Å²) in [5.41, 5.74) is 6.64. The number of ether oxygens (including phenoxy) is 2. The summed E-state index contributed by atoms with van der Waals surface area (Å²) in [4.78, 5) is 12.2. The first-order chi connectivity index (χ1) is 17.1. The molecule has 180 valence electrons. The van der Waals surface area contributed by atoms with Crippen LogP contribution in [0.2, 0.25) is 0 Å². The molecule has 4 heterocycles. The van der Waals surface area contributed by atoms with Gasteiger partial charge >= 0.3 is 0 Å². The second-order valence-corrected chi connectivity index (χ2v) is 8.74. The third kappa shape index (κ3) is 4.83. The van der Waals surface area contributed by atoms with Gasteiger partial charge < -0.3 is 19.3 Å². The summed E-state index contributed by atoms with van der Waals surface area (Å²) in [6.45, 7) is 3.57. The monoisotopic (exact) mass is 472 g/mol. The van der Waals surface area contributed by atoms with Crippen LogP contribution in [0.5, 0.6) is 5.75 Å². The average molecular weight is 473 g/mol. The number of fused-ring (bicyclic) bond motifs is 1. The van der Waals surface area contributed by atoms with Crippen molar-refractivity contribution >= 4 is 5.91 Å². The van der Waals surface area contributed by atoms with Crippen LogP contribution < -0.4 is 10.1 Å². The molecule has 4 aromatic rings. The summed E-state index contributed by atoms with van der Waals surface area (Å²) >= 11 is 0. The Bertz CT molecular complexity index is 1260. The number of hydrogen-bond acceptors (Lipinski definition) is 6. The van der Waals surface area contributed by atoms with Crippen molar-refractivity contribution in [2.24, 2.45) is 5.92 Å². The smallest absolute Gasteiger partial charge is 0.270 e. The molecule has 8 nitrogen and oxygen atoms in total. The van der Waals surface area contributed by atoms with E-state index < -0.39 is 0 Å². The molecule has 6 rings (SSSR count). The van der Waals surface area contributed by atoms with Gasteiger partial charge in [0.2, 0.25) is 0 Å². The van der Waals surface area contributed by atoms with Crippen LogP contribution in [0.1, 0.15) is 40.5 Å². The molecule has 0 bridgehead atoms. The van der Waals surface area contributed by atoms with Crippen molar-refractivity contribution in [3.63, 3.8) is 0 Å². The minimum absolute atomic E-state index is 0.0113. The molecule has 2 aliphatic heterocycles. The predicted octanol–water partition coefficient (Wildman–Crippen LogP) is 4.95. The highest BCUT2D eigenvalue weighted by molar-refractivity contribution is 5.99. The largest absolute Gasteiger partial charge is 0.497 e. The lowest BCUT2D eigenvalue weighted by molar-refractivity contribution is 0.0535. The molecule has 35 heavy (non-hydrogen) atoms. The van der Waals surface area contributed by atoms with E-state index in [2.05, 4.69) is 39.7 Å². The maximum absolute atomic E-state index is 12.2. The van der Waals surface area contributed by atoms with Crippen LogP contribution >= 0.6 is 0 Å². The molecule has 1 unspecified atom stereocenters. The summed E-state index contributed by atoms with van der Waals surface area (Å²) in [7, 11) is 1.64. The topological polar surface area (TPSA) is 102 Å². The summed E-state index contributed by atoms with van der Waals surface area (Å²) in [5, 5.41) is 14.3. The molecule has 0 saturated carbocycles. The first-order valence-electron chi connectivity index (χ1n) is 11.7. The lowest BCUT2D eigenvalue weighted by Gasteiger charge is -2.28. The number of rotatable bonds is 4. The summed E-state index contributed by atoms with van der Waals surface area (Å²) in [6, 6.07) is 17.8. The highest BCUT2D eigenvalue weighted by Crippen LogP contribution is 2.40. The lowest BCUT2D eigenvalue weighted by Crippen LogP contribution is -2.30. The van der Waals surface area contributed by atoms with Gasteiger partial charge in [0.1, 0.15) is 23.4 Å². The van der Waals surface area contributed by atoms with Gasteiger partial charge in [-0.05, 0) is 49.9 Å². The van der Waals surface area contributed by atoms with E-state index in [-0.39, 0.29) is 11.9 Å². The number of benzene rings is 2. The first kappa shape index (κ1) is 22.9. The Balaban J connectivity index is 0.000000178. The molecule has 1 saturated heterocycles. The van der Waals surface area contributed by atoms with Crippen molar-refractivity contribution in [1.29, 1.82) is 0 Å². The highest BCUT2D eigenvalue weighted by Gasteiger charge is 2.39. The maximum Gasteiger partial charge on any atom is 0.270 e. The lowest BCUT2D eigenvalue weighted by atomic mass is 9.87. The van der Waals surface area contributed by atoms with Gasteiger partial charge in [0.15, 0.2) is 0 Å². The van der Waals surface area contributed by atoms with Crippen molar-refractivity contribution in [1.82, 2.24) is 20.7 Å². The van der Waals surface area contributed by atoms with Gasteiger partial charge in [-0.2, -0.15) is 5.10 Å². The Morgan fingerprint density at radius 2 is 1.69 bits per heavy atom. The Kier molecular flexibility index (Phi) is 6.63. The molecule has 0 aliphatic carbocycles. The van der Waals surface area contributed by atoms with E-state index in [1.54, 1.807) is 13.4 Å². The fourth-order valence-electron chi connectivity index (χ4n) is 4.57. The second kappa shape index (κ2) is 10.1. The molecular weight excluding hydrogens is 444 g/mol. The van der Waals surface area contributed by atoms with Gasteiger partial charge in [-0.3, -0.25) is 9.89 Å². The third-order valence-electron chi connectivity index (χ3n) is 6.51. The quantitative estimate of drug-likeness (QED) is 0.436. The summed E-state index contributed by atoms with van der Waals surface area (Å²) in [6.07, 6.45) is 3.49. The van der Waals surface area contributed by atoms with E-state index in [4.69, 9.17) is 14.0 Å². The van der Waals surface area contributed by atoms with Crippen LogP contribution in [0.15, 0.2) is 65.4 Å². The zero-order valence-corrected chi connectivity index (χ0v) is 19.8. The van der Waals surface area contributed by atoms with Crippen molar-refractivity contribution in [3.05, 3.63) is 77.7 Å². The molecule has 2 aromatic carbocycles. The van der Waals surface area contributed by atoms with Crippen LogP contribution in [0.25, 0.3) is 22.5 Å². The van der Waals surface area contributed by atoms with Crippen molar-refractivity contribution in [2.75, 3.05) is 20.3 Å². The number of carbonyl (C=O) groups excluding carboxylic acids is 1. The average Bonchev–Trinajstić information content (AvgIpc) is 3.65. The van der Waals surface area contributed by atoms with Crippen molar-refractivity contribution < 1.29 is 18.8 Å². The van der Waals surface area contributed by atoms with Crippen molar-refractivity contribution in [2.45, 2.75) is 25.8 Å². The Morgan fingerprint density at radius 3 is 2.34 bits per heavy atom. The van der Waals surface area contributed by atoms with Crippen molar-refractivity contribution in [3.8, 4) is 28.3 Å². The maximum atomic E-state index is 12.2. The van der Waals surface area contributed by atoms with Gasteiger partial charge in [-0.15, -0.1) is 0 Å². The number of hydrogen-bond donors (Lipinski definition) is 2. The molecule has 0 radical (unpaired) electrons. The van der Waals surface area contributed by atoms with E-state index in [0.717, 1.165) is 59.9 Å². The van der Waals surface area contributed by atoms with E-state index in [1.807, 2.05) is 42.5 Å². The number of aromatic nitrogens is 3. The molecule has 0 spiro atoms. The number of aryl methyl sites for hydroxylation is 1. The number of nitrogens with zero attached hydrogens (tertiary/aromatic N) is 2. The zero-order chi connectivity index (χ0) is 24.2. The number of nitrogens with one attached hydrogen (secondary N) is 2. The number of carbonyl (C=O) groups is 1. The molecule has 8 heteroatoms. The minimum Gasteiger partial charge on any atom is -0.497 e. The third-order valence-corrected chi connectivity index (χ3v) is 6.51. The Morgan fingerprint density at radius 1 is 0.971 bits per heavy atom. The van der Waals surface area contributed by atoms with Gasteiger partial charge in [0, 0.05) is 36.0 Å². The number of H-pyrrole nitrogens is 1. The molecule has 1 atom stereocenters. The minimum atomic E-state index is -0.0660. The van der Waals surface area contributed by atoms with Gasteiger partial charge in [0.05, 0.1) is 18.8 Å². The van der Waals surface area contributed by atoms with Crippen LogP contribution in [0.3, 0.4) is 0 Å². The Labute approximate surface area is 203 Å². The number of amides is 1. The van der Waals surface area contributed by atoms with Crippen LogP contribution in [0.4, 0.5) is 0 Å². The van der Waals surface area contributed by atoms with Gasteiger partial charge in [0.25, 0.3) is 5.91 Å². The van der Waals surface area contributed by atoms with E-state index in [1.165, 1.54) is 5.56 Å². The SMILES string of the molecule is COc1ccc(-c2n[nH]c3c2C(C2CCOCC2)NC3=O)cc1.Cc1ccc(-c2ccon2)cc1. The van der Waals surface area contributed by atoms with Gasteiger partial charge in [-0.1, -0.05) is 35.0 Å². The van der Waals surface area contributed by atoms with E-state index in [9.17, 15) is 4.79 Å². The van der Waals surface area contributed by atoms with Crippen LogP contribution in [0, 0.1) is 12.8 Å². The van der Waals surface area contributed by atoms with Gasteiger partial charge in [-0.25, -0.2) is 0 Å². The first-order valence-corrected chi connectivity index (χ1v) is 11.7. The normalized spacial score (nSPS) is 17.3. The Hall–Kier alpha value is -3.91. The predicted molar refractivity (Wildman–Crippen MR) is 131 cm³/mol. The molecule has 1 amide bonds. The molecule has 2 aliphatic rings. The summed E-state index contributed by atoms with van der Waals surface area (Å²) < 4.78 is 15.4. The highest BCUT2D eigenvalue weighted by atomic mass is 16.5. The standard InChI is InChI=1S/C17H19N3O3.C10H9NO/c1-22-12-4-2-10(3-5-12)15-13-14(11-6-8-23-9-7-11)18-17(21)16(13)20-19-15;1-8-2-4-9(5-3-8)10-6-7-12-11-10/h2-5,11,14H,6-9H2,1H3,(H,18,21)(H,19,20);2-7H,1H3. The zero-order valence-electron chi connectivity index (χ0n) is 19.8. The molecule has 2 N–H and O–H groups in total. The molecule has 2 aromatic heterocycles. The van der Waals surface area contributed by atoms with E-state index in [0.29, 0.717) is 11.6 Å².